The minimum Gasteiger partial charge on any atom is -0.492 e. The molecule has 210 valence electrons. The van der Waals surface area contributed by atoms with Gasteiger partial charge < -0.3 is 29.1 Å². The van der Waals surface area contributed by atoms with E-state index in [2.05, 4.69) is 60.3 Å². The fraction of sp³-hybridized carbons (Fsp3) is 0.424. The van der Waals surface area contributed by atoms with Gasteiger partial charge in [-0.05, 0) is 78.9 Å². The number of aryl methyl sites for hydroxylation is 2. The van der Waals surface area contributed by atoms with Gasteiger partial charge in [0, 0.05) is 44.7 Å². The Labute approximate surface area is 233 Å². The second-order valence-electron chi connectivity index (χ2n) is 9.67. The molecule has 1 saturated heterocycles. The second kappa shape index (κ2) is 15.3. The lowest BCUT2D eigenvalue weighted by Gasteiger charge is -2.17. The van der Waals surface area contributed by atoms with Gasteiger partial charge in [0.1, 0.15) is 36.2 Å². The van der Waals surface area contributed by atoms with Crippen molar-refractivity contribution in [2.45, 2.75) is 59.2 Å². The Kier molecular flexibility index (Phi) is 11.8. The quantitative estimate of drug-likeness (QED) is 0.327. The van der Waals surface area contributed by atoms with Gasteiger partial charge in [0.15, 0.2) is 0 Å². The van der Waals surface area contributed by atoms with Crippen LogP contribution in [0.25, 0.3) is 11.1 Å². The van der Waals surface area contributed by atoms with E-state index >= 15 is 0 Å². The summed E-state index contributed by atoms with van der Waals surface area (Å²) in [6.07, 6.45) is 2.75. The maximum atomic E-state index is 10.9. The molecule has 0 bridgehead atoms. The van der Waals surface area contributed by atoms with Gasteiger partial charge in [0.25, 0.3) is 0 Å². The number of carbonyl (C=O) groups is 1. The lowest BCUT2D eigenvalue weighted by Crippen LogP contribution is -2.19. The monoisotopic (exact) mass is 533 g/mol. The Balaban J connectivity index is 0.000000787. The van der Waals surface area contributed by atoms with Crippen LogP contribution < -0.4 is 19.5 Å². The van der Waals surface area contributed by atoms with Crippen molar-refractivity contribution in [1.29, 1.82) is 0 Å². The van der Waals surface area contributed by atoms with Crippen molar-refractivity contribution in [3.05, 3.63) is 76.9 Å². The van der Waals surface area contributed by atoms with E-state index < -0.39 is 0 Å². The van der Waals surface area contributed by atoms with Crippen molar-refractivity contribution in [3.63, 3.8) is 0 Å². The molecule has 2 aliphatic rings. The summed E-state index contributed by atoms with van der Waals surface area (Å²) in [7, 11) is 3.25. The molecule has 2 unspecified atom stereocenters. The van der Waals surface area contributed by atoms with Crippen LogP contribution in [0.2, 0.25) is 0 Å². The Morgan fingerprint density at radius 2 is 1.74 bits per heavy atom. The number of rotatable bonds is 8. The molecule has 0 aliphatic carbocycles. The highest BCUT2D eigenvalue weighted by atomic mass is 16.5. The maximum absolute atomic E-state index is 10.9. The number of hydrogen-bond donors (Lipinski definition) is 1. The number of ether oxygens (including phenoxy) is 4. The van der Waals surface area contributed by atoms with E-state index in [9.17, 15) is 4.79 Å². The molecule has 6 nitrogen and oxygen atoms in total. The van der Waals surface area contributed by atoms with Crippen LogP contribution in [0.1, 0.15) is 54.9 Å². The third-order valence-corrected chi connectivity index (χ3v) is 6.69. The molecule has 3 aromatic rings. The van der Waals surface area contributed by atoms with Crippen molar-refractivity contribution in [2.24, 2.45) is 0 Å². The van der Waals surface area contributed by atoms with Gasteiger partial charge in [-0.25, -0.2) is 0 Å². The standard InChI is InChI=1S/C29H31NO4.C2H6O.C2H6/c1-19-12-26(34-25-8-10-30-16-25)13-20(2)29(19)22-5-3-4-21(14-22)17-32-24-6-7-27-23(9-11-31)18-33-28(27)15-24;1-3-2;1-2/h3-7,11-15,23,25,30H,8-10,16-18H2,1-2H3;1-2H3;1-2H3. The van der Waals surface area contributed by atoms with Gasteiger partial charge in [-0.3, -0.25) is 0 Å². The maximum Gasteiger partial charge on any atom is 0.126 e. The predicted molar refractivity (Wildman–Crippen MR) is 157 cm³/mol. The summed E-state index contributed by atoms with van der Waals surface area (Å²) < 4.78 is 22.3. The zero-order chi connectivity index (χ0) is 28.2. The zero-order valence-electron chi connectivity index (χ0n) is 24.2. The smallest absolute Gasteiger partial charge is 0.126 e. The molecule has 39 heavy (non-hydrogen) atoms. The number of fused-ring (bicyclic) bond motifs is 1. The number of aldehydes is 1. The van der Waals surface area contributed by atoms with Crippen LogP contribution in [0.3, 0.4) is 0 Å². The van der Waals surface area contributed by atoms with Crippen LogP contribution >= 0.6 is 0 Å². The third-order valence-electron chi connectivity index (χ3n) is 6.69. The highest BCUT2D eigenvalue weighted by Crippen LogP contribution is 2.38. The molecule has 0 amide bonds. The molecule has 3 aromatic carbocycles. The predicted octanol–water partition coefficient (Wildman–Crippen LogP) is 6.64. The van der Waals surface area contributed by atoms with E-state index in [1.807, 2.05) is 32.0 Å². The molecule has 1 fully saturated rings. The summed E-state index contributed by atoms with van der Waals surface area (Å²) in [6, 6.07) is 18.7. The Bertz CT molecular complexity index is 1180. The second-order valence-corrected chi connectivity index (χ2v) is 9.67. The topological polar surface area (TPSA) is 66.0 Å². The van der Waals surface area contributed by atoms with Gasteiger partial charge in [0.05, 0.1) is 6.61 Å². The molecule has 1 N–H and O–H groups in total. The Morgan fingerprint density at radius 1 is 1.00 bits per heavy atom. The fourth-order valence-electron chi connectivity index (χ4n) is 5.01. The van der Waals surface area contributed by atoms with Crippen molar-refractivity contribution in [1.82, 2.24) is 5.32 Å². The van der Waals surface area contributed by atoms with Gasteiger partial charge in [0.2, 0.25) is 0 Å². The van der Waals surface area contributed by atoms with Crippen LogP contribution in [0.5, 0.6) is 17.2 Å². The molecule has 2 atom stereocenters. The summed E-state index contributed by atoms with van der Waals surface area (Å²) >= 11 is 0. The van der Waals surface area contributed by atoms with E-state index in [4.69, 9.17) is 14.2 Å². The first-order chi connectivity index (χ1) is 19.0. The summed E-state index contributed by atoms with van der Waals surface area (Å²) in [6.45, 7) is 11.3. The van der Waals surface area contributed by atoms with E-state index in [0.717, 1.165) is 54.2 Å². The summed E-state index contributed by atoms with van der Waals surface area (Å²) in [5.74, 6) is 2.68. The lowest BCUT2D eigenvalue weighted by molar-refractivity contribution is -0.108. The average molecular weight is 534 g/mol. The molecule has 2 heterocycles. The molecular weight excluding hydrogens is 490 g/mol. The molecule has 5 rings (SSSR count). The first-order valence-corrected chi connectivity index (χ1v) is 13.8. The largest absolute Gasteiger partial charge is 0.492 e. The molecule has 6 heteroatoms. The highest BCUT2D eigenvalue weighted by molar-refractivity contribution is 5.72. The summed E-state index contributed by atoms with van der Waals surface area (Å²) in [5.41, 5.74) is 7.03. The SMILES string of the molecule is CC.COC.Cc1cc(OC2CCNC2)cc(C)c1-c1cccc(COc2ccc3c(c2)OCC3CC=O)c1. The summed E-state index contributed by atoms with van der Waals surface area (Å²) in [5, 5.41) is 3.35. The third kappa shape index (κ3) is 8.07. The van der Waals surface area contributed by atoms with Crippen LogP contribution in [0.4, 0.5) is 0 Å². The summed E-state index contributed by atoms with van der Waals surface area (Å²) in [4.78, 5) is 10.9. The van der Waals surface area contributed by atoms with E-state index in [1.165, 1.54) is 22.3 Å². The molecular formula is C33H43NO5. The van der Waals surface area contributed by atoms with Gasteiger partial charge in [-0.15, -0.1) is 0 Å². The molecule has 0 spiro atoms. The number of hydrogen-bond acceptors (Lipinski definition) is 6. The van der Waals surface area contributed by atoms with Gasteiger partial charge in [-0.2, -0.15) is 0 Å². The zero-order valence-corrected chi connectivity index (χ0v) is 24.2. The molecule has 0 radical (unpaired) electrons. The van der Waals surface area contributed by atoms with Crippen LogP contribution in [-0.4, -0.2) is 46.3 Å². The number of benzene rings is 3. The van der Waals surface area contributed by atoms with Crippen LogP contribution in [0, 0.1) is 13.8 Å². The van der Waals surface area contributed by atoms with E-state index in [0.29, 0.717) is 19.6 Å². The normalized spacial score (nSPS) is 17.1. The van der Waals surface area contributed by atoms with Crippen LogP contribution in [-0.2, 0) is 16.1 Å². The van der Waals surface area contributed by atoms with Gasteiger partial charge >= 0.3 is 0 Å². The first-order valence-electron chi connectivity index (χ1n) is 13.8. The average Bonchev–Trinajstić information content (AvgIpc) is 3.59. The number of nitrogens with one attached hydrogen (secondary N) is 1. The van der Waals surface area contributed by atoms with Crippen molar-refractivity contribution in [2.75, 3.05) is 33.9 Å². The molecule has 0 aromatic heterocycles. The van der Waals surface area contributed by atoms with E-state index in [1.54, 1.807) is 14.2 Å². The molecule has 2 aliphatic heterocycles. The fourth-order valence-corrected chi connectivity index (χ4v) is 5.01. The van der Waals surface area contributed by atoms with Crippen molar-refractivity contribution >= 4 is 6.29 Å². The first kappa shape index (κ1) is 30.2. The Hall–Kier alpha value is -3.35. The Morgan fingerprint density at radius 3 is 2.41 bits per heavy atom. The minimum absolute atomic E-state index is 0.149. The molecule has 0 saturated carbocycles. The minimum atomic E-state index is 0.149. The van der Waals surface area contributed by atoms with Gasteiger partial charge in [-0.1, -0.05) is 38.1 Å². The number of carbonyl (C=O) groups excluding carboxylic acids is 1. The lowest BCUT2D eigenvalue weighted by atomic mass is 9.94. The van der Waals surface area contributed by atoms with E-state index in [-0.39, 0.29) is 12.0 Å². The highest BCUT2D eigenvalue weighted by Gasteiger charge is 2.24. The van der Waals surface area contributed by atoms with Crippen molar-refractivity contribution in [3.8, 4) is 28.4 Å². The number of methoxy groups -OCH3 is 1. The van der Waals surface area contributed by atoms with Crippen molar-refractivity contribution < 1.29 is 23.7 Å². The van der Waals surface area contributed by atoms with Crippen LogP contribution in [0.15, 0.2) is 54.6 Å².